The molecule has 0 aliphatic heterocycles. The molecule has 3 nitrogen and oxygen atoms in total. The van der Waals surface area contributed by atoms with Crippen LogP contribution in [0.2, 0.25) is 0 Å². The van der Waals surface area contributed by atoms with E-state index in [0.717, 1.165) is 33.3 Å². The van der Waals surface area contributed by atoms with Crippen LogP contribution in [-0.4, -0.2) is 18.2 Å². The van der Waals surface area contributed by atoms with E-state index >= 15 is 0 Å². The van der Waals surface area contributed by atoms with Crippen LogP contribution >= 0.6 is 15.9 Å². The first-order valence-electron chi connectivity index (χ1n) is 6.01. The van der Waals surface area contributed by atoms with Crippen molar-refractivity contribution in [2.45, 2.75) is 38.5 Å². The number of hydrogen-bond acceptors (Lipinski definition) is 2. The maximum absolute atomic E-state index is 11.7. The van der Waals surface area contributed by atoms with Crippen molar-refractivity contribution in [3.8, 4) is 5.75 Å². The molecule has 0 atom stereocenters. The fourth-order valence-corrected chi connectivity index (χ4v) is 3.33. The lowest BCUT2D eigenvalue weighted by Crippen LogP contribution is -2.43. The number of aliphatic carboxylic acids is 1. The third-order valence-electron chi connectivity index (χ3n) is 3.96. The normalized spacial score (nSPS) is 17.1. The summed E-state index contributed by atoms with van der Waals surface area (Å²) >= 11 is 3.51. The molecule has 0 amide bonds. The zero-order chi connectivity index (χ0) is 13.5. The van der Waals surface area contributed by atoms with E-state index in [2.05, 4.69) is 15.9 Å². The van der Waals surface area contributed by atoms with Gasteiger partial charge in [0.1, 0.15) is 5.75 Å². The highest BCUT2D eigenvalue weighted by Crippen LogP contribution is 2.50. The van der Waals surface area contributed by atoms with E-state index in [9.17, 15) is 9.90 Å². The minimum Gasteiger partial charge on any atom is -0.496 e. The van der Waals surface area contributed by atoms with Gasteiger partial charge in [0.05, 0.1) is 12.5 Å². The van der Waals surface area contributed by atoms with E-state index in [-0.39, 0.29) is 0 Å². The summed E-state index contributed by atoms with van der Waals surface area (Å²) in [4.78, 5) is 11.7. The van der Waals surface area contributed by atoms with Crippen LogP contribution in [0.4, 0.5) is 0 Å². The van der Waals surface area contributed by atoms with Crippen molar-refractivity contribution < 1.29 is 14.6 Å². The number of carboxylic acid groups (broad SMARTS) is 1. The first-order valence-corrected chi connectivity index (χ1v) is 6.81. The van der Waals surface area contributed by atoms with Crippen molar-refractivity contribution in [3.63, 3.8) is 0 Å². The van der Waals surface area contributed by atoms with Gasteiger partial charge in [0.15, 0.2) is 0 Å². The summed E-state index contributed by atoms with van der Waals surface area (Å²) in [6, 6.07) is 1.98. The molecule has 18 heavy (non-hydrogen) atoms. The fraction of sp³-hybridized carbons (Fsp3) is 0.500. The van der Waals surface area contributed by atoms with Gasteiger partial charge in [0.25, 0.3) is 0 Å². The molecule has 1 N–H and O–H groups in total. The number of carboxylic acids is 1. The van der Waals surface area contributed by atoms with Crippen LogP contribution in [0.15, 0.2) is 10.5 Å². The van der Waals surface area contributed by atoms with E-state index in [1.54, 1.807) is 7.11 Å². The minimum absolute atomic E-state index is 0.690. The summed E-state index contributed by atoms with van der Waals surface area (Å²) < 4.78 is 6.41. The van der Waals surface area contributed by atoms with Gasteiger partial charge in [-0.2, -0.15) is 0 Å². The first-order chi connectivity index (χ1) is 8.44. The quantitative estimate of drug-likeness (QED) is 0.928. The van der Waals surface area contributed by atoms with E-state index in [1.165, 1.54) is 0 Å². The Hall–Kier alpha value is -1.03. The summed E-state index contributed by atoms with van der Waals surface area (Å²) in [5.74, 6) is -0.0227. The summed E-state index contributed by atoms with van der Waals surface area (Å²) in [5, 5.41) is 9.59. The molecule has 4 heteroatoms. The van der Waals surface area contributed by atoms with E-state index in [0.29, 0.717) is 12.8 Å². The Labute approximate surface area is 115 Å². The standard InChI is InChI=1S/C14H17BrO3/c1-8-7-10(15)9(2)11(12(8)18-3)14(13(16)17)5-4-6-14/h7H,4-6H2,1-3H3,(H,16,17). The lowest BCUT2D eigenvalue weighted by Gasteiger charge is -2.40. The zero-order valence-electron chi connectivity index (χ0n) is 10.8. The van der Waals surface area contributed by atoms with Crippen molar-refractivity contribution >= 4 is 21.9 Å². The Balaban J connectivity index is 2.72. The molecule has 98 valence electrons. The molecular formula is C14H17BrO3. The third-order valence-corrected chi connectivity index (χ3v) is 4.78. The molecule has 2 rings (SSSR count). The van der Waals surface area contributed by atoms with Crippen LogP contribution in [0.3, 0.4) is 0 Å². The van der Waals surface area contributed by atoms with Crippen molar-refractivity contribution in [1.29, 1.82) is 0 Å². The highest BCUT2D eigenvalue weighted by Gasteiger charge is 2.49. The average Bonchev–Trinajstić information content (AvgIpc) is 2.23. The van der Waals surface area contributed by atoms with Gasteiger partial charge in [-0.3, -0.25) is 4.79 Å². The monoisotopic (exact) mass is 312 g/mol. The van der Waals surface area contributed by atoms with Gasteiger partial charge in [-0.1, -0.05) is 22.4 Å². The molecule has 0 saturated heterocycles. The van der Waals surface area contributed by atoms with Crippen LogP contribution in [0.5, 0.6) is 5.75 Å². The van der Waals surface area contributed by atoms with Gasteiger partial charge in [0, 0.05) is 10.0 Å². The van der Waals surface area contributed by atoms with E-state index in [1.807, 2.05) is 19.9 Å². The second-order valence-corrected chi connectivity index (χ2v) is 5.80. The Kier molecular flexibility index (Phi) is 3.41. The molecule has 0 unspecified atom stereocenters. The lowest BCUT2D eigenvalue weighted by molar-refractivity contribution is -0.147. The van der Waals surface area contributed by atoms with Crippen LogP contribution in [0, 0.1) is 13.8 Å². The Bertz CT molecular complexity index is 504. The molecule has 0 aromatic heterocycles. The molecule has 1 aliphatic rings. The van der Waals surface area contributed by atoms with Gasteiger partial charge in [-0.15, -0.1) is 0 Å². The molecule has 1 aromatic rings. The maximum atomic E-state index is 11.7. The number of methoxy groups -OCH3 is 1. The van der Waals surface area contributed by atoms with Crippen molar-refractivity contribution in [2.24, 2.45) is 0 Å². The SMILES string of the molecule is COc1c(C)cc(Br)c(C)c1C1(C(=O)O)CCC1. The third kappa shape index (κ3) is 1.74. The molecule has 0 bridgehead atoms. The minimum atomic E-state index is -0.760. The Morgan fingerprint density at radius 1 is 1.44 bits per heavy atom. The fourth-order valence-electron chi connectivity index (χ4n) is 2.79. The van der Waals surface area contributed by atoms with Crippen molar-refractivity contribution in [2.75, 3.05) is 7.11 Å². The van der Waals surface area contributed by atoms with Gasteiger partial charge in [0.2, 0.25) is 0 Å². The van der Waals surface area contributed by atoms with Gasteiger partial charge < -0.3 is 9.84 Å². The first kappa shape index (κ1) is 13.4. The Morgan fingerprint density at radius 2 is 2.06 bits per heavy atom. The second kappa shape index (κ2) is 4.57. The van der Waals surface area contributed by atoms with Crippen LogP contribution in [0.1, 0.15) is 36.0 Å². The molecule has 1 fully saturated rings. The highest BCUT2D eigenvalue weighted by molar-refractivity contribution is 9.10. The largest absolute Gasteiger partial charge is 0.496 e. The van der Waals surface area contributed by atoms with Crippen molar-refractivity contribution in [1.82, 2.24) is 0 Å². The predicted molar refractivity (Wildman–Crippen MR) is 73.3 cm³/mol. The molecule has 1 saturated carbocycles. The van der Waals surface area contributed by atoms with Crippen molar-refractivity contribution in [3.05, 3.63) is 27.2 Å². The molecular weight excluding hydrogens is 296 g/mol. The average molecular weight is 313 g/mol. The number of ether oxygens (including phenoxy) is 1. The smallest absolute Gasteiger partial charge is 0.314 e. The molecule has 0 spiro atoms. The maximum Gasteiger partial charge on any atom is 0.314 e. The van der Waals surface area contributed by atoms with Crippen LogP contribution in [-0.2, 0) is 10.2 Å². The summed E-state index contributed by atoms with van der Waals surface area (Å²) in [5.41, 5.74) is 2.02. The predicted octanol–water partition coefficient (Wildman–Crippen LogP) is 3.58. The lowest BCUT2D eigenvalue weighted by atomic mass is 9.63. The number of aryl methyl sites for hydroxylation is 1. The van der Waals surface area contributed by atoms with Crippen LogP contribution < -0.4 is 4.74 Å². The molecule has 0 radical (unpaired) electrons. The number of halogens is 1. The van der Waals surface area contributed by atoms with Gasteiger partial charge in [-0.05, 0) is 43.9 Å². The topological polar surface area (TPSA) is 46.5 Å². The highest BCUT2D eigenvalue weighted by atomic mass is 79.9. The summed E-state index contributed by atoms with van der Waals surface area (Å²) in [6.45, 7) is 3.89. The number of rotatable bonds is 3. The molecule has 1 aromatic carbocycles. The second-order valence-electron chi connectivity index (χ2n) is 4.95. The van der Waals surface area contributed by atoms with E-state index in [4.69, 9.17) is 4.74 Å². The summed E-state index contributed by atoms with van der Waals surface area (Å²) in [7, 11) is 1.60. The van der Waals surface area contributed by atoms with E-state index < -0.39 is 11.4 Å². The van der Waals surface area contributed by atoms with Crippen LogP contribution in [0.25, 0.3) is 0 Å². The Morgan fingerprint density at radius 3 is 2.44 bits per heavy atom. The molecule has 0 heterocycles. The molecule has 1 aliphatic carbocycles. The number of carbonyl (C=O) groups is 1. The number of benzene rings is 1. The van der Waals surface area contributed by atoms with Gasteiger partial charge in [-0.25, -0.2) is 0 Å². The zero-order valence-corrected chi connectivity index (χ0v) is 12.4. The number of hydrogen-bond donors (Lipinski definition) is 1. The summed E-state index contributed by atoms with van der Waals surface area (Å²) in [6.07, 6.45) is 2.34. The van der Waals surface area contributed by atoms with Gasteiger partial charge >= 0.3 is 5.97 Å².